The Morgan fingerprint density at radius 1 is 1.50 bits per heavy atom. The number of carbonyl (C=O) groups excluding carboxylic acids is 1. The van der Waals surface area contributed by atoms with E-state index in [2.05, 4.69) is 0 Å². The van der Waals surface area contributed by atoms with Crippen LogP contribution in [0.25, 0.3) is 0 Å². The van der Waals surface area contributed by atoms with Crippen molar-refractivity contribution >= 4 is 30.7 Å². The third-order valence-electron chi connectivity index (χ3n) is 1.91. The minimum absolute atomic E-state index is 0. The quantitative estimate of drug-likeness (QED) is 0.611. The molecule has 1 fully saturated rings. The number of amides is 1. The second-order valence-electron chi connectivity index (χ2n) is 2.85. The molecule has 6 heteroatoms. The van der Waals surface area contributed by atoms with Crippen molar-refractivity contribution in [3.63, 3.8) is 0 Å². The molecule has 1 heterocycles. The molecule has 0 unspecified atom stereocenters. The fourth-order valence-corrected chi connectivity index (χ4v) is 1.37. The number of rotatable bonds is 1. The molecular weight excluding hydrogens is 201 g/mol. The van der Waals surface area contributed by atoms with E-state index >= 15 is 0 Å². The first kappa shape index (κ1) is 14.5. The van der Waals surface area contributed by atoms with Crippen molar-refractivity contribution in [2.24, 2.45) is 11.5 Å². The van der Waals surface area contributed by atoms with E-state index in [1.54, 1.807) is 0 Å². The van der Waals surface area contributed by atoms with E-state index in [1.807, 2.05) is 11.9 Å². The normalized spacial score (nSPS) is 28.8. The van der Waals surface area contributed by atoms with Crippen LogP contribution in [0.3, 0.4) is 0 Å². The maximum absolute atomic E-state index is 10.7. The molecular formula is C6H15Cl2N3O. The van der Waals surface area contributed by atoms with Crippen molar-refractivity contribution in [1.29, 1.82) is 0 Å². The van der Waals surface area contributed by atoms with Crippen molar-refractivity contribution in [2.45, 2.75) is 18.5 Å². The Morgan fingerprint density at radius 3 is 2.17 bits per heavy atom. The van der Waals surface area contributed by atoms with E-state index in [9.17, 15) is 4.79 Å². The summed E-state index contributed by atoms with van der Waals surface area (Å²) in [7, 11) is 1.86. The minimum atomic E-state index is -0.268. The van der Waals surface area contributed by atoms with Gasteiger partial charge in [0.15, 0.2) is 0 Å². The van der Waals surface area contributed by atoms with Gasteiger partial charge in [-0.25, -0.2) is 0 Å². The molecule has 2 atom stereocenters. The summed E-state index contributed by atoms with van der Waals surface area (Å²) in [5.41, 5.74) is 10.7. The molecule has 74 valence electrons. The van der Waals surface area contributed by atoms with Gasteiger partial charge < -0.3 is 11.5 Å². The predicted molar refractivity (Wildman–Crippen MR) is 52.7 cm³/mol. The zero-order valence-corrected chi connectivity index (χ0v) is 8.53. The van der Waals surface area contributed by atoms with Gasteiger partial charge >= 0.3 is 0 Å². The summed E-state index contributed by atoms with van der Waals surface area (Å²) in [6.45, 7) is 0.771. The maximum Gasteiger partial charge on any atom is 0.234 e. The molecule has 0 aliphatic carbocycles. The Kier molecular flexibility index (Phi) is 6.75. The lowest BCUT2D eigenvalue weighted by molar-refractivity contribution is -0.121. The van der Waals surface area contributed by atoms with Crippen LogP contribution in [0.15, 0.2) is 0 Å². The van der Waals surface area contributed by atoms with E-state index in [4.69, 9.17) is 11.5 Å². The number of halogens is 2. The zero-order valence-electron chi connectivity index (χ0n) is 6.90. The number of hydrogen-bond donors (Lipinski definition) is 2. The largest absolute Gasteiger partial charge is 0.368 e. The average molecular weight is 216 g/mol. The topological polar surface area (TPSA) is 72.3 Å². The Bertz CT molecular complexity index is 156. The van der Waals surface area contributed by atoms with Crippen molar-refractivity contribution < 1.29 is 4.79 Å². The molecule has 0 aromatic carbocycles. The lowest BCUT2D eigenvalue weighted by atomic mass is 10.2. The number of nitrogens with two attached hydrogens (primary N) is 2. The van der Waals surface area contributed by atoms with Crippen LogP contribution in [-0.4, -0.2) is 36.5 Å². The number of primary amides is 1. The van der Waals surface area contributed by atoms with Crippen LogP contribution < -0.4 is 11.5 Å². The smallest absolute Gasteiger partial charge is 0.234 e. The monoisotopic (exact) mass is 215 g/mol. The molecule has 0 bridgehead atoms. The average Bonchev–Trinajstić information content (AvgIpc) is 2.10. The molecule has 12 heavy (non-hydrogen) atoms. The molecule has 0 radical (unpaired) electrons. The van der Waals surface area contributed by atoms with E-state index in [1.165, 1.54) is 0 Å². The third kappa shape index (κ3) is 3.15. The summed E-state index contributed by atoms with van der Waals surface area (Å²) in [6.07, 6.45) is 0.700. The van der Waals surface area contributed by atoms with Crippen LogP contribution in [-0.2, 0) is 4.79 Å². The number of likely N-dealkylation sites (N-methyl/N-ethyl adjacent to an activating group) is 1. The SMILES string of the molecule is CN1C[C@H](N)C[C@H]1C(N)=O.Cl.Cl. The lowest BCUT2D eigenvalue weighted by Gasteiger charge is -2.14. The van der Waals surface area contributed by atoms with Gasteiger partial charge in [-0.05, 0) is 13.5 Å². The summed E-state index contributed by atoms with van der Waals surface area (Å²) in [5.74, 6) is -0.268. The number of nitrogens with zero attached hydrogens (tertiary/aromatic N) is 1. The molecule has 0 saturated carbocycles. The highest BCUT2D eigenvalue weighted by atomic mass is 35.5. The van der Waals surface area contributed by atoms with Crippen molar-refractivity contribution in [3.8, 4) is 0 Å². The van der Waals surface area contributed by atoms with Gasteiger partial charge in [-0.15, -0.1) is 24.8 Å². The van der Waals surface area contributed by atoms with Crippen molar-refractivity contribution in [2.75, 3.05) is 13.6 Å². The van der Waals surface area contributed by atoms with Gasteiger partial charge in [-0.1, -0.05) is 0 Å². The standard InChI is InChI=1S/C6H13N3O.2ClH/c1-9-3-4(7)2-5(9)6(8)10;;/h4-5H,2-3,7H2,1H3,(H2,8,10);2*1H/t4-,5+;;/m1../s1. The lowest BCUT2D eigenvalue weighted by Crippen LogP contribution is -2.37. The molecule has 4 nitrogen and oxygen atoms in total. The van der Waals surface area contributed by atoms with Gasteiger partial charge in [0.2, 0.25) is 5.91 Å². The number of hydrogen-bond acceptors (Lipinski definition) is 3. The summed E-state index contributed by atoms with van der Waals surface area (Å²) < 4.78 is 0. The molecule has 4 N–H and O–H groups in total. The highest BCUT2D eigenvalue weighted by Crippen LogP contribution is 2.12. The van der Waals surface area contributed by atoms with Gasteiger partial charge in [-0.3, -0.25) is 9.69 Å². The first-order valence-corrected chi connectivity index (χ1v) is 3.36. The van der Waals surface area contributed by atoms with Crippen molar-refractivity contribution in [3.05, 3.63) is 0 Å². The van der Waals surface area contributed by atoms with Crippen LogP contribution in [0.4, 0.5) is 0 Å². The Labute approximate surface area is 84.5 Å². The van der Waals surface area contributed by atoms with Gasteiger partial charge in [0, 0.05) is 12.6 Å². The number of carbonyl (C=O) groups is 1. The van der Waals surface area contributed by atoms with Crippen LogP contribution in [0.1, 0.15) is 6.42 Å². The molecule has 0 spiro atoms. The van der Waals surface area contributed by atoms with E-state index in [-0.39, 0.29) is 42.8 Å². The van der Waals surface area contributed by atoms with Crippen molar-refractivity contribution in [1.82, 2.24) is 4.90 Å². The van der Waals surface area contributed by atoms with E-state index < -0.39 is 0 Å². The third-order valence-corrected chi connectivity index (χ3v) is 1.91. The summed E-state index contributed by atoms with van der Waals surface area (Å²) in [6, 6.07) is -0.0301. The fourth-order valence-electron chi connectivity index (χ4n) is 1.37. The van der Waals surface area contributed by atoms with Gasteiger partial charge in [0.25, 0.3) is 0 Å². The van der Waals surface area contributed by atoms with Crippen LogP contribution in [0.5, 0.6) is 0 Å². The zero-order chi connectivity index (χ0) is 7.72. The van der Waals surface area contributed by atoms with Gasteiger partial charge in [0.1, 0.15) is 0 Å². The molecule has 1 aliphatic rings. The molecule has 1 saturated heterocycles. The highest BCUT2D eigenvalue weighted by Gasteiger charge is 2.30. The Hall–Kier alpha value is -0.0300. The van der Waals surface area contributed by atoms with E-state index in [0.29, 0.717) is 6.42 Å². The van der Waals surface area contributed by atoms with Gasteiger partial charge in [0.05, 0.1) is 6.04 Å². The molecule has 1 rings (SSSR count). The summed E-state index contributed by atoms with van der Waals surface area (Å²) >= 11 is 0. The molecule has 0 aromatic heterocycles. The second-order valence-corrected chi connectivity index (χ2v) is 2.85. The first-order valence-electron chi connectivity index (χ1n) is 3.36. The first-order chi connectivity index (χ1) is 4.61. The van der Waals surface area contributed by atoms with Crippen LogP contribution in [0, 0.1) is 0 Å². The van der Waals surface area contributed by atoms with Crippen LogP contribution >= 0.6 is 24.8 Å². The highest BCUT2D eigenvalue weighted by molar-refractivity contribution is 5.85. The number of likely N-dealkylation sites (tertiary alicyclic amines) is 1. The summed E-state index contributed by atoms with van der Waals surface area (Å²) in [4.78, 5) is 12.6. The molecule has 0 aromatic rings. The molecule has 1 aliphatic heterocycles. The summed E-state index contributed by atoms with van der Waals surface area (Å²) in [5, 5.41) is 0. The maximum atomic E-state index is 10.7. The second kappa shape index (κ2) is 5.59. The Morgan fingerprint density at radius 2 is 2.00 bits per heavy atom. The minimum Gasteiger partial charge on any atom is -0.368 e. The van der Waals surface area contributed by atoms with Gasteiger partial charge in [-0.2, -0.15) is 0 Å². The molecule has 1 amide bonds. The predicted octanol–water partition coefficient (Wildman–Crippen LogP) is -0.653. The van der Waals surface area contributed by atoms with Crippen LogP contribution in [0.2, 0.25) is 0 Å². The van der Waals surface area contributed by atoms with E-state index in [0.717, 1.165) is 6.54 Å². The fraction of sp³-hybridized carbons (Fsp3) is 0.833. The Balaban J connectivity index is 0.